The number of ether oxygens (including phenoxy) is 1. The summed E-state index contributed by atoms with van der Waals surface area (Å²) < 4.78 is 21.8. The van der Waals surface area contributed by atoms with Gasteiger partial charge < -0.3 is 15.4 Å². The first-order chi connectivity index (χ1) is 16.5. The van der Waals surface area contributed by atoms with Crippen LogP contribution in [0.5, 0.6) is 5.75 Å². The van der Waals surface area contributed by atoms with Gasteiger partial charge in [0.25, 0.3) is 5.91 Å². The number of imidazole rings is 1. The number of carbonyl (C=O) groups is 1. The van der Waals surface area contributed by atoms with E-state index in [1.807, 2.05) is 34.9 Å². The molecule has 174 valence electrons. The summed E-state index contributed by atoms with van der Waals surface area (Å²) in [7, 11) is 1.60. The van der Waals surface area contributed by atoms with E-state index in [-0.39, 0.29) is 23.4 Å². The van der Waals surface area contributed by atoms with E-state index in [2.05, 4.69) is 0 Å². The topological polar surface area (TPSA) is 97.2 Å². The molecule has 0 bridgehead atoms. The molecule has 2 heterocycles. The number of nitrogens with two attached hydrogens (primary N) is 1. The van der Waals surface area contributed by atoms with Crippen molar-refractivity contribution in [1.29, 1.82) is 5.26 Å². The van der Waals surface area contributed by atoms with E-state index in [4.69, 9.17) is 20.7 Å². The minimum absolute atomic E-state index is 0.0349. The zero-order valence-electron chi connectivity index (χ0n) is 19.0. The van der Waals surface area contributed by atoms with Gasteiger partial charge in [-0.05, 0) is 68.1 Å². The Hall–Kier alpha value is -3.70. The third kappa shape index (κ3) is 4.03. The van der Waals surface area contributed by atoms with Crippen molar-refractivity contribution in [3.8, 4) is 28.9 Å². The Kier molecular flexibility index (Phi) is 5.80. The van der Waals surface area contributed by atoms with Crippen LogP contribution in [0.4, 0.5) is 4.39 Å². The predicted molar refractivity (Wildman–Crippen MR) is 125 cm³/mol. The summed E-state index contributed by atoms with van der Waals surface area (Å²) in [5.74, 6) is 0.623. The summed E-state index contributed by atoms with van der Waals surface area (Å²) in [6, 6.07) is 13.7. The van der Waals surface area contributed by atoms with Crippen LogP contribution >= 0.6 is 0 Å². The van der Waals surface area contributed by atoms with Crippen LogP contribution in [0.3, 0.4) is 0 Å². The van der Waals surface area contributed by atoms with Gasteiger partial charge >= 0.3 is 0 Å². The lowest BCUT2D eigenvalue weighted by atomic mass is 10.1. The monoisotopic (exact) mass is 459 g/mol. The number of hydrogen-bond acceptors (Lipinski definition) is 5. The first kappa shape index (κ1) is 22.1. The Bertz CT molecular complexity index is 1270. The maximum absolute atomic E-state index is 14.6. The molecule has 2 fully saturated rings. The van der Waals surface area contributed by atoms with E-state index in [1.165, 1.54) is 12.1 Å². The number of methoxy groups -OCH3 is 1. The van der Waals surface area contributed by atoms with Crippen LogP contribution in [0, 0.1) is 17.1 Å². The number of amides is 1. The van der Waals surface area contributed by atoms with Crippen LogP contribution in [-0.4, -0.2) is 46.6 Å². The highest BCUT2D eigenvalue weighted by atomic mass is 19.1. The lowest BCUT2D eigenvalue weighted by Crippen LogP contribution is -2.46. The molecular formula is C26H26FN5O2. The van der Waals surface area contributed by atoms with E-state index < -0.39 is 5.82 Å². The van der Waals surface area contributed by atoms with Crippen molar-refractivity contribution in [2.75, 3.05) is 20.2 Å². The number of piperidine rings is 1. The van der Waals surface area contributed by atoms with Gasteiger partial charge in [-0.15, -0.1) is 0 Å². The van der Waals surface area contributed by atoms with Gasteiger partial charge in [0, 0.05) is 36.3 Å². The van der Waals surface area contributed by atoms with Gasteiger partial charge in [-0.3, -0.25) is 9.36 Å². The summed E-state index contributed by atoms with van der Waals surface area (Å²) in [4.78, 5) is 20.2. The van der Waals surface area contributed by atoms with Crippen LogP contribution in [0.2, 0.25) is 0 Å². The molecule has 2 N–H and O–H groups in total. The summed E-state index contributed by atoms with van der Waals surface area (Å²) in [6.07, 6.45) is 3.68. The maximum Gasteiger partial charge on any atom is 0.274 e. The average molecular weight is 460 g/mol. The maximum atomic E-state index is 14.6. The molecule has 1 aromatic heterocycles. The number of aromatic nitrogens is 2. The molecule has 8 heteroatoms. The SMILES string of the molecule is COc1ccc(-n2c(-c3ccc(C#N)c(F)c3)nc(C(=O)N3CCC[C@@H](N)C3)c2C2CC2)cc1. The molecule has 7 nitrogen and oxygen atoms in total. The zero-order valence-corrected chi connectivity index (χ0v) is 19.0. The van der Waals surface area contributed by atoms with Crippen molar-refractivity contribution in [1.82, 2.24) is 14.5 Å². The zero-order chi connectivity index (χ0) is 23.8. The third-order valence-electron chi connectivity index (χ3n) is 6.50. The van der Waals surface area contributed by atoms with E-state index in [1.54, 1.807) is 18.1 Å². The normalized spacial score (nSPS) is 17.9. The molecule has 2 aromatic carbocycles. The molecule has 3 aromatic rings. The number of halogens is 1. The number of carbonyl (C=O) groups excluding carboxylic acids is 1. The van der Waals surface area contributed by atoms with Gasteiger partial charge in [-0.2, -0.15) is 5.26 Å². The van der Waals surface area contributed by atoms with E-state index in [0.29, 0.717) is 35.9 Å². The van der Waals surface area contributed by atoms with E-state index >= 15 is 0 Å². The Morgan fingerprint density at radius 1 is 1.21 bits per heavy atom. The second-order valence-electron chi connectivity index (χ2n) is 8.94. The fourth-order valence-electron chi connectivity index (χ4n) is 4.60. The molecular weight excluding hydrogens is 433 g/mol. The van der Waals surface area contributed by atoms with Crippen molar-refractivity contribution in [3.63, 3.8) is 0 Å². The van der Waals surface area contributed by atoms with Crippen molar-refractivity contribution in [2.24, 2.45) is 5.73 Å². The Morgan fingerprint density at radius 2 is 1.97 bits per heavy atom. The minimum atomic E-state index is -0.618. The lowest BCUT2D eigenvalue weighted by Gasteiger charge is -2.30. The number of likely N-dealkylation sites (tertiary alicyclic amines) is 1. The average Bonchev–Trinajstić information content (AvgIpc) is 3.62. The molecule has 1 saturated heterocycles. The first-order valence-corrected chi connectivity index (χ1v) is 11.5. The van der Waals surface area contributed by atoms with Crippen LogP contribution in [0.1, 0.15) is 53.3 Å². The summed E-state index contributed by atoms with van der Waals surface area (Å²) in [5.41, 5.74) is 8.66. The number of benzene rings is 2. The van der Waals surface area contributed by atoms with Gasteiger partial charge in [-0.25, -0.2) is 9.37 Å². The largest absolute Gasteiger partial charge is 0.497 e. The summed E-state index contributed by atoms with van der Waals surface area (Å²) in [5, 5.41) is 9.15. The number of hydrogen-bond donors (Lipinski definition) is 1. The minimum Gasteiger partial charge on any atom is -0.497 e. The smallest absolute Gasteiger partial charge is 0.274 e. The molecule has 0 unspecified atom stereocenters. The summed E-state index contributed by atoms with van der Waals surface area (Å²) in [6.45, 7) is 1.14. The summed E-state index contributed by atoms with van der Waals surface area (Å²) >= 11 is 0. The fraction of sp³-hybridized carbons (Fsp3) is 0.346. The van der Waals surface area contributed by atoms with Crippen molar-refractivity contribution >= 4 is 5.91 Å². The van der Waals surface area contributed by atoms with Gasteiger partial charge in [0.05, 0.1) is 18.4 Å². The predicted octanol–water partition coefficient (Wildman–Crippen LogP) is 4.00. The molecule has 2 aliphatic rings. The second kappa shape index (κ2) is 8.92. The molecule has 1 amide bonds. The Balaban J connectivity index is 1.69. The van der Waals surface area contributed by atoms with Crippen LogP contribution in [-0.2, 0) is 0 Å². The van der Waals surface area contributed by atoms with Crippen LogP contribution in [0.25, 0.3) is 17.1 Å². The van der Waals surface area contributed by atoms with Crippen molar-refractivity contribution < 1.29 is 13.9 Å². The second-order valence-corrected chi connectivity index (χ2v) is 8.94. The lowest BCUT2D eigenvalue weighted by molar-refractivity contribution is 0.0702. The molecule has 1 atom stereocenters. The number of rotatable bonds is 5. The Labute approximate surface area is 197 Å². The molecule has 1 aliphatic carbocycles. The molecule has 0 spiro atoms. The molecule has 0 radical (unpaired) electrons. The quantitative estimate of drug-likeness (QED) is 0.622. The number of nitrogens with zero attached hydrogens (tertiary/aromatic N) is 4. The first-order valence-electron chi connectivity index (χ1n) is 11.5. The standard InChI is InChI=1S/C26H26FN5O2/c1-34-21-10-8-20(9-11-21)32-24(16-4-5-16)23(26(33)31-12-2-3-19(29)15-31)30-25(32)17-6-7-18(14-28)22(27)13-17/h6-11,13,16,19H,2-5,12,15,29H2,1H3/t19-/m1/s1. The molecule has 5 rings (SSSR count). The highest BCUT2D eigenvalue weighted by molar-refractivity contribution is 5.95. The van der Waals surface area contributed by atoms with E-state index in [0.717, 1.165) is 37.1 Å². The van der Waals surface area contributed by atoms with Gasteiger partial charge in [0.1, 0.15) is 23.5 Å². The molecule has 1 saturated carbocycles. The van der Waals surface area contributed by atoms with Crippen molar-refractivity contribution in [3.05, 3.63) is 65.2 Å². The third-order valence-corrected chi connectivity index (χ3v) is 6.50. The van der Waals surface area contributed by atoms with E-state index in [9.17, 15) is 9.18 Å². The van der Waals surface area contributed by atoms with Crippen LogP contribution in [0.15, 0.2) is 42.5 Å². The fourth-order valence-corrected chi connectivity index (χ4v) is 4.60. The highest BCUT2D eigenvalue weighted by Gasteiger charge is 2.37. The van der Waals surface area contributed by atoms with Gasteiger partial charge in [-0.1, -0.05) is 0 Å². The molecule has 34 heavy (non-hydrogen) atoms. The highest BCUT2D eigenvalue weighted by Crippen LogP contribution is 2.45. The number of nitriles is 1. The Morgan fingerprint density at radius 3 is 2.59 bits per heavy atom. The van der Waals surface area contributed by atoms with Gasteiger partial charge in [0.2, 0.25) is 0 Å². The molecule has 1 aliphatic heterocycles. The van der Waals surface area contributed by atoms with Crippen molar-refractivity contribution in [2.45, 2.75) is 37.6 Å². The van der Waals surface area contributed by atoms with Crippen LogP contribution < -0.4 is 10.5 Å². The van der Waals surface area contributed by atoms with Gasteiger partial charge in [0.15, 0.2) is 5.69 Å².